The van der Waals surface area contributed by atoms with Crippen LogP contribution in [0.3, 0.4) is 0 Å². The van der Waals surface area contributed by atoms with Gasteiger partial charge in [-0.25, -0.2) is 0 Å². The summed E-state index contributed by atoms with van der Waals surface area (Å²) in [6.07, 6.45) is 6.60. The molecule has 5 rings (SSSR count). The largest absolute Gasteiger partial charge is 0.374 e. The van der Waals surface area contributed by atoms with E-state index in [9.17, 15) is 0 Å². The molecule has 238 valence electrons. The summed E-state index contributed by atoms with van der Waals surface area (Å²) in [6, 6.07) is 17.5. The Morgan fingerprint density at radius 2 is 1.07 bits per heavy atom. The molecular weight excluding hydrogens is 510 g/mol. The minimum Gasteiger partial charge on any atom is -0.374 e. The quantitative estimate of drug-likeness (QED) is 0.308. The highest BCUT2D eigenvalue weighted by molar-refractivity contribution is 5.57. The van der Waals surface area contributed by atoms with Gasteiger partial charge in [0.15, 0.2) is 0 Å². The summed E-state index contributed by atoms with van der Waals surface area (Å²) in [5.74, 6) is 1.64. The zero-order valence-corrected chi connectivity index (χ0v) is 30.0. The molecule has 1 unspecified atom stereocenters. The number of para-hydroxylation sites is 2. The lowest BCUT2D eigenvalue weighted by Crippen LogP contribution is -2.35. The molecule has 1 saturated heterocycles. The van der Waals surface area contributed by atoms with E-state index in [1.807, 2.05) is 0 Å². The summed E-state index contributed by atoms with van der Waals surface area (Å²) < 4.78 is 0. The van der Waals surface area contributed by atoms with Crippen LogP contribution in [0, 0.1) is 22.2 Å². The van der Waals surface area contributed by atoms with Crippen LogP contribution < -0.4 is 9.80 Å². The molecule has 2 aromatic rings. The molecule has 1 atom stereocenters. The Hall–Kier alpha value is -2.00. The zero-order valence-electron chi connectivity index (χ0n) is 30.0. The molecule has 1 fully saturated rings. The van der Waals surface area contributed by atoms with E-state index in [-0.39, 0.29) is 0 Å². The minimum atomic E-state index is 0.372. The molecule has 0 N–H and O–H groups in total. The van der Waals surface area contributed by atoms with Gasteiger partial charge in [-0.1, -0.05) is 106 Å². The maximum atomic E-state index is 2.43. The second-order valence-electron chi connectivity index (χ2n) is 16.8. The molecule has 0 radical (unpaired) electrons. The first-order chi connectivity index (χ1) is 19.4. The van der Waals surface area contributed by atoms with E-state index in [2.05, 4.69) is 154 Å². The maximum Gasteiger partial charge on any atom is 0.0399 e. The molecule has 3 heteroatoms. The monoisotopic (exact) mass is 578 g/mol. The third-order valence-electron chi connectivity index (χ3n) is 8.81. The summed E-state index contributed by atoms with van der Waals surface area (Å²) in [5.41, 5.74) is 7.26. The predicted octanol–water partition coefficient (Wildman–Crippen LogP) is 10.2. The van der Waals surface area contributed by atoms with Crippen molar-refractivity contribution in [2.45, 2.75) is 107 Å². The molecule has 42 heavy (non-hydrogen) atoms. The van der Waals surface area contributed by atoms with Crippen molar-refractivity contribution in [3.05, 3.63) is 59.7 Å². The summed E-state index contributed by atoms with van der Waals surface area (Å²) in [4.78, 5) is 7.14. The van der Waals surface area contributed by atoms with Crippen LogP contribution in [0.5, 0.6) is 0 Å². The lowest BCUT2D eigenvalue weighted by molar-refractivity contribution is 0.129. The number of anilines is 2. The molecule has 0 aromatic heterocycles. The molecule has 0 spiro atoms. The fourth-order valence-electron chi connectivity index (χ4n) is 6.22. The number of nitrogens with zero attached hydrogens (tertiary/aromatic N) is 3. The topological polar surface area (TPSA) is 9.72 Å². The number of hydrogen-bond acceptors (Lipinski definition) is 3. The van der Waals surface area contributed by atoms with Crippen molar-refractivity contribution < 1.29 is 0 Å². The molecule has 3 heterocycles. The highest BCUT2D eigenvalue weighted by atomic mass is 15.1. The minimum absolute atomic E-state index is 0.372. The van der Waals surface area contributed by atoms with Crippen molar-refractivity contribution in [2.24, 2.45) is 22.2 Å². The number of aryl methyl sites for hydroxylation is 1. The zero-order chi connectivity index (χ0) is 31.7. The van der Waals surface area contributed by atoms with E-state index in [0.29, 0.717) is 22.2 Å². The van der Waals surface area contributed by atoms with Crippen molar-refractivity contribution >= 4 is 11.4 Å². The molecule has 0 saturated carbocycles. The fraction of sp³-hybridized carbons (Fsp3) is 0.692. The third-order valence-corrected chi connectivity index (χ3v) is 8.81. The van der Waals surface area contributed by atoms with Gasteiger partial charge in [0, 0.05) is 38.6 Å². The van der Waals surface area contributed by atoms with E-state index in [0.717, 1.165) is 5.92 Å². The SMILES string of the molecule is CC(C)(C)C.CN1CCC(C(C)(C)C)CC1.CN1CCC(C(C)(C)C)c2ccccc21.CN1CCCc2ccccc21. The Balaban J connectivity index is 0.000000207. The molecule has 3 aliphatic heterocycles. The standard InChI is InChI=1S/C14H21N.C10H13N.C10H21N.C5H12/c1-14(2,3)12-9-10-15(4)13-8-6-5-7-11(12)13;1-11-8-4-6-9-5-2-3-7-10(9)11;1-10(2,3)9-5-7-11(4)8-6-9;1-5(2,3)4/h5-8,12H,9-10H2,1-4H3;2-3,5,7H,4,6,8H2,1H3;9H,5-8H2,1-4H3;1-4H3. The van der Waals surface area contributed by atoms with Crippen LogP contribution in [0.2, 0.25) is 0 Å². The van der Waals surface area contributed by atoms with Crippen LogP contribution in [-0.2, 0) is 6.42 Å². The normalized spacial score (nSPS) is 19.6. The Morgan fingerprint density at radius 1 is 0.571 bits per heavy atom. The number of likely N-dealkylation sites (tertiary alicyclic amines) is 1. The summed E-state index contributed by atoms with van der Waals surface area (Å²) in [7, 11) is 6.58. The van der Waals surface area contributed by atoms with Crippen molar-refractivity contribution in [1.29, 1.82) is 0 Å². The number of piperidine rings is 1. The van der Waals surface area contributed by atoms with Crippen molar-refractivity contribution in [2.75, 3.05) is 57.1 Å². The smallest absolute Gasteiger partial charge is 0.0399 e. The van der Waals surface area contributed by atoms with Crippen molar-refractivity contribution in [3.8, 4) is 0 Å². The fourth-order valence-corrected chi connectivity index (χ4v) is 6.22. The average Bonchev–Trinajstić information content (AvgIpc) is 2.88. The third kappa shape index (κ3) is 12.3. The molecule has 3 nitrogen and oxygen atoms in total. The van der Waals surface area contributed by atoms with Gasteiger partial charge in [-0.3, -0.25) is 0 Å². The van der Waals surface area contributed by atoms with E-state index < -0.39 is 0 Å². The summed E-state index contributed by atoms with van der Waals surface area (Å²) in [6.45, 7) is 27.9. The van der Waals surface area contributed by atoms with E-state index in [1.165, 1.54) is 80.8 Å². The molecule has 0 bridgehead atoms. The van der Waals surface area contributed by atoms with Gasteiger partial charge in [-0.05, 0) is 104 Å². The molecule has 2 aromatic carbocycles. The van der Waals surface area contributed by atoms with Gasteiger partial charge in [0.05, 0.1) is 0 Å². The van der Waals surface area contributed by atoms with E-state index in [4.69, 9.17) is 0 Å². The van der Waals surface area contributed by atoms with E-state index in [1.54, 1.807) is 0 Å². The summed E-state index contributed by atoms with van der Waals surface area (Å²) >= 11 is 0. The summed E-state index contributed by atoms with van der Waals surface area (Å²) in [5, 5.41) is 0. The number of benzene rings is 2. The Morgan fingerprint density at radius 3 is 1.60 bits per heavy atom. The Bertz CT molecular complexity index is 1040. The maximum absolute atomic E-state index is 2.43. The van der Waals surface area contributed by atoms with Gasteiger partial charge in [-0.15, -0.1) is 0 Å². The van der Waals surface area contributed by atoms with Gasteiger partial charge in [0.25, 0.3) is 0 Å². The molecule has 0 amide bonds. The van der Waals surface area contributed by atoms with Gasteiger partial charge in [0.2, 0.25) is 0 Å². The van der Waals surface area contributed by atoms with Gasteiger partial charge in [-0.2, -0.15) is 0 Å². The predicted molar refractivity (Wildman–Crippen MR) is 189 cm³/mol. The van der Waals surface area contributed by atoms with Crippen molar-refractivity contribution in [1.82, 2.24) is 4.90 Å². The van der Waals surface area contributed by atoms with Crippen LogP contribution in [0.15, 0.2) is 48.5 Å². The average molecular weight is 578 g/mol. The van der Waals surface area contributed by atoms with Crippen molar-refractivity contribution in [3.63, 3.8) is 0 Å². The van der Waals surface area contributed by atoms with Gasteiger partial charge in [0.1, 0.15) is 0 Å². The highest BCUT2D eigenvalue weighted by Gasteiger charge is 2.31. The number of fused-ring (bicyclic) bond motifs is 2. The first kappa shape index (κ1) is 36.2. The van der Waals surface area contributed by atoms with Gasteiger partial charge >= 0.3 is 0 Å². The number of hydrogen-bond donors (Lipinski definition) is 0. The first-order valence-corrected chi connectivity index (χ1v) is 16.7. The highest BCUT2D eigenvalue weighted by Crippen LogP contribution is 2.44. The second kappa shape index (κ2) is 15.6. The van der Waals surface area contributed by atoms with Crippen LogP contribution in [0.1, 0.15) is 112 Å². The molecular formula is C39H67N3. The molecule has 0 aliphatic carbocycles. The van der Waals surface area contributed by atoms with Gasteiger partial charge < -0.3 is 14.7 Å². The van der Waals surface area contributed by atoms with Crippen LogP contribution in [0.25, 0.3) is 0 Å². The van der Waals surface area contributed by atoms with Crippen LogP contribution >= 0.6 is 0 Å². The van der Waals surface area contributed by atoms with Crippen LogP contribution in [0.4, 0.5) is 11.4 Å². The lowest BCUT2D eigenvalue weighted by atomic mass is 9.72. The first-order valence-electron chi connectivity index (χ1n) is 16.7. The molecule has 3 aliphatic rings. The number of rotatable bonds is 0. The van der Waals surface area contributed by atoms with E-state index >= 15 is 0 Å². The Labute approximate surface area is 262 Å². The Kier molecular flexibility index (Phi) is 13.5. The van der Waals surface area contributed by atoms with Crippen LogP contribution in [-0.4, -0.2) is 52.2 Å². The second-order valence-corrected chi connectivity index (χ2v) is 16.8. The lowest BCUT2D eigenvalue weighted by Gasteiger charge is -2.39.